The number of carbonyl (C=O) groups excluding carboxylic acids is 3. The van der Waals surface area contributed by atoms with Crippen molar-refractivity contribution in [3.8, 4) is 5.75 Å². The van der Waals surface area contributed by atoms with Crippen molar-refractivity contribution in [1.82, 2.24) is 5.32 Å². The highest BCUT2D eigenvalue weighted by atomic mass is 16.5. The molecule has 2 amide bonds. The van der Waals surface area contributed by atoms with E-state index in [2.05, 4.69) is 5.32 Å². The molecular formula is C22H24N2O4. The Kier molecular flexibility index (Phi) is 6.09. The van der Waals surface area contributed by atoms with Gasteiger partial charge in [0, 0.05) is 30.8 Å². The van der Waals surface area contributed by atoms with Crippen molar-refractivity contribution in [3.63, 3.8) is 0 Å². The Labute approximate surface area is 164 Å². The molecular weight excluding hydrogens is 356 g/mol. The lowest BCUT2D eigenvalue weighted by Gasteiger charge is -2.11. The lowest BCUT2D eigenvalue weighted by atomic mass is 10.0. The second kappa shape index (κ2) is 8.69. The smallest absolute Gasteiger partial charge is 0.257 e. The van der Waals surface area contributed by atoms with Crippen LogP contribution in [0.2, 0.25) is 0 Å². The van der Waals surface area contributed by atoms with Gasteiger partial charge >= 0.3 is 0 Å². The van der Waals surface area contributed by atoms with E-state index in [-0.39, 0.29) is 31.3 Å². The van der Waals surface area contributed by atoms with Crippen molar-refractivity contribution >= 4 is 23.8 Å². The van der Waals surface area contributed by atoms with Gasteiger partial charge in [0.1, 0.15) is 5.75 Å². The Bertz CT molecular complexity index is 907. The Morgan fingerprint density at radius 3 is 2.79 bits per heavy atom. The maximum absolute atomic E-state index is 12.4. The largest absolute Gasteiger partial charge is 0.483 e. The van der Waals surface area contributed by atoms with Gasteiger partial charge in [-0.25, -0.2) is 0 Å². The molecule has 0 bridgehead atoms. The second-order valence-corrected chi connectivity index (χ2v) is 6.97. The SMILES string of the molecule is Cc1ccc(C)c(OCC(=O)NCCC(=O)c2ccc3c(c2)CCN3C=O)c1. The molecule has 1 heterocycles. The van der Waals surface area contributed by atoms with Crippen LogP contribution in [0.1, 0.15) is 33.5 Å². The first-order chi connectivity index (χ1) is 13.5. The maximum Gasteiger partial charge on any atom is 0.257 e. The van der Waals surface area contributed by atoms with Crippen molar-refractivity contribution in [1.29, 1.82) is 0 Å². The normalized spacial score (nSPS) is 12.4. The molecule has 2 aromatic rings. The fourth-order valence-electron chi connectivity index (χ4n) is 3.23. The van der Waals surface area contributed by atoms with Gasteiger partial charge < -0.3 is 15.0 Å². The van der Waals surface area contributed by atoms with E-state index in [9.17, 15) is 14.4 Å². The van der Waals surface area contributed by atoms with E-state index in [0.29, 0.717) is 17.9 Å². The highest BCUT2D eigenvalue weighted by Gasteiger charge is 2.19. The highest BCUT2D eigenvalue weighted by Crippen LogP contribution is 2.28. The third-order valence-electron chi connectivity index (χ3n) is 4.84. The molecule has 0 aliphatic carbocycles. The molecule has 1 aliphatic rings. The number of ether oxygens (including phenoxy) is 1. The van der Waals surface area contributed by atoms with E-state index in [1.54, 1.807) is 17.0 Å². The molecule has 0 atom stereocenters. The van der Waals surface area contributed by atoms with Gasteiger partial charge in [-0.05, 0) is 61.2 Å². The Morgan fingerprint density at radius 2 is 2.00 bits per heavy atom. The number of rotatable bonds is 8. The van der Waals surface area contributed by atoms with Crippen LogP contribution in [0.3, 0.4) is 0 Å². The fraction of sp³-hybridized carbons (Fsp3) is 0.318. The minimum absolute atomic E-state index is 0.0388. The zero-order valence-corrected chi connectivity index (χ0v) is 16.2. The molecule has 1 N–H and O–H groups in total. The molecule has 0 spiro atoms. The summed E-state index contributed by atoms with van der Waals surface area (Å²) in [5.41, 5.74) is 4.51. The number of ketones is 1. The van der Waals surface area contributed by atoms with E-state index in [1.165, 1.54) is 0 Å². The van der Waals surface area contributed by atoms with Crippen LogP contribution in [0.25, 0.3) is 0 Å². The monoisotopic (exact) mass is 380 g/mol. The molecule has 0 fully saturated rings. The summed E-state index contributed by atoms with van der Waals surface area (Å²) in [6.45, 7) is 4.71. The highest BCUT2D eigenvalue weighted by molar-refractivity contribution is 5.97. The summed E-state index contributed by atoms with van der Waals surface area (Å²) in [4.78, 5) is 37.0. The molecule has 0 saturated carbocycles. The van der Waals surface area contributed by atoms with Gasteiger partial charge in [-0.1, -0.05) is 12.1 Å². The number of hydrogen-bond acceptors (Lipinski definition) is 4. The van der Waals surface area contributed by atoms with Gasteiger partial charge in [0.15, 0.2) is 12.4 Å². The number of Topliss-reactive ketones (excluding diaryl/α,β-unsaturated/α-hetero) is 1. The first kappa shape index (κ1) is 19.6. The Balaban J connectivity index is 1.46. The van der Waals surface area contributed by atoms with Crippen molar-refractivity contribution in [2.24, 2.45) is 0 Å². The number of benzene rings is 2. The van der Waals surface area contributed by atoms with Gasteiger partial charge in [-0.2, -0.15) is 0 Å². The standard InChI is InChI=1S/C22H24N2O4/c1-15-3-4-16(2)21(11-15)28-13-22(27)23-9-7-20(26)18-5-6-19-17(12-18)8-10-24(19)14-25/h3-6,11-12,14H,7-10,13H2,1-2H3,(H,23,27). The number of aryl methyl sites for hydroxylation is 2. The predicted molar refractivity (Wildman–Crippen MR) is 107 cm³/mol. The minimum atomic E-state index is -0.260. The molecule has 2 aromatic carbocycles. The fourth-order valence-corrected chi connectivity index (χ4v) is 3.23. The van der Waals surface area contributed by atoms with Crippen LogP contribution in [0, 0.1) is 13.8 Å². The zero-order chi connectivity index (χ0) is 20.1. The second-order valence-electron chi connectivity index (χ2n) is 6.97. The average molecular weight is 380 g/mol. The quantitative estimate of drug-likeness (QED) is 0.564. The summed E-state index contributed by atoms with van der Waals surface area (Å²) in [5.74, 6) is 0.390. The summed E-state index contributed by atoms with van der Waals surface area (Å²) in [7, 11) is 0. The Morgan fingerprint density at radius 1 is 1.18 bits per heavy atom. The molecule has 1 aliphatic heterocycles. The van der Waals surface area contributed by atoms with E-state index >= 15 is 0 Å². The van der Waals surface area contributed by atoms with Crippen LogP contribution in [0.5, 0.6) is 5.75 Å². The molecule has 0 radical (unpaired) electrons. The van der Waals surface area contributed by atoms with Gasteiger partial charge in [0.25, 0.3) is 5.91 Å². The van der Waals surface area contributed by atoms with Crippen LogP contribution in [-0.4, -0.2) is 37.8 Å². The third-order valence-corrected chi connectivity index (χ3v) is 4.84. The number of fused-ring (bicyclic) bond motifs is 1. The van der Waals surface area contributed by atoms with Crippen molar-refractivity contribution in [2.45, 2.75) is 26.7 Å². The number of nitrogens with one attached hydrogen (secondary N) is 1. The lowest BCUT2D eigenvalue weighted by molar-refractivity contribution is -0.123. The molecule has 6 nitrogen and oxygen atoms in total. The van der Waals surface area contributed by atoms with Crippen molar-refractivity contribution < 1.29 is 19.1 Å². The average Bonchev–Trinajstić information content (AvgIpc) is 3.10. The van der Waals surface area contributed by atoms with Crippen LogP contribution < -0.4 is 15.0 Å². The molecule has 6 heteroatoms. The van der Waals surface area contributed by atoms with Crippen molar-refractivity contribution in [3.05, 3.63) is 58.7 Å². The van der Waals surface area contributed by atoms with E-state index in [0.717, 1.165) is 35.2 Å². The van der Waals surface area contributed by atoms with Crippen LogP contribution >= 0.6 is 0 Å². The van der Waals surface area contributed by atoms with Gasteiger partial charge in [-0.15, -0.1) is 0 Å². The number of anilines is 1. The summed E-state index contributed by atoms with van der Waals surface area (Å²) < 4.78 is 5.56. The predicted octanol–water partition coefficient (Wildman–Crippen LogP) is 2.59. The summed E-state index contributed by atoms with van der Waals surface area (Å²) in [5, 5.41) is 2.72. The summed E-state index contributed by atoms with van der Waals surface area (Å²) >= 11 is 0. The first-order valence-electron chi connectivity index (χ1n) is 9.33. The molecule has 28 heavy (non-hydrogen) atoms. The molecule has 3 rings (SSSR count). The van der Waals surface area contributed by atoms with Gasteiger partial charge in [0.2, 0.25) is 6.41 Å². The maximum atomic E-state index is 12.4. The summed E-state index contributed by atoms with van der Waals surface area (Å²) in [6.07, 6.45) is 1.77. The van der Waals surface area contributed by atoms with Crippen LogP contribution in [0.15, 0.2) is 36.4 Å². The summed E-state index contributed by atoms with van der Waals surface area (Å²) in [6, 6.07) is 11.2. The van der Waals surface area contributed by atoms with E-state index in [4.69, 9.17) is 4.74 Å². The van der Waals surface area contributed by atoms with E-state index < -0.39 is 0 Å². The first-order valence-corrected chi connectivity index (χ1v) is 9.33. The topological polar surface area (TPSA) is 75.7 Å². The number of nitrogens with zero attached hydrogens (tertiary/aromatic N) is 1. The molecule has 146 valence electrons. The van der Waals surface area contributed by atoms with E-state index in [1.807, 2.05) is 38.1 Å². The number of hydrogen-bond donors (Lipinski definition) is 1. The lowest BCUT2D eigenvalue weighted by Crippen LogP contribution is -2.30. The van der Waals surface area contributed by atoms with Crippen molar-refractivity contribution in [2.75, 3.05) is 24.6 Å². The Hall–Kier alpha value is -3.15. The van der Waals surface area contributed by atoms with Gasteiger partial charge in [-0.3, -0.25) is 14.4 Å². The number of amides is 2. The third kappa shape index (κ3) is 4.57. The molecule has 0 unspecified atom stereocenters. The van der Waals surface area contributed by atoms with Crippen LogP contribution in [0.4, 0.5) is 5.69 Å². The van der Waals surface area contributed by atoms with Crippen LogP contribution in [-0.2, 0) is 16.0 Å². The minimum Gasteiger partial charge on any atom is -0.483 e. The van der Waals surface area contributed by atoms with Gasteiger partial charge in [0.05, 0.1) is 0 Å². The molecule has 0 saturated heterocycles. The molecule has 0 aromatic heterocycles. The number of carbonyl (C=O) groups is 3. The zero-order valence-electron chi connectivity index (χ0n) is 16.2.